The molecule has 0 spiro atoms. The predicted molar refractivity (Wildman–Crippen MR) is 123 cm³/mol. The van der Waals surface area contributed by atoms with Crippen LogP contribution in [-0.4, -0.2) is 62.9 Å². The van der Waals surface area contributed by atoms with Crippen molar-refractivity contribution in [3.05, 3.63) is 52.5 Å². The van der Waals surface area contributed by atoms with Crippen molar-refractivity contribution in [1.82, 2.24) is 9.21 Å². The van der Waals surface area contributed by atoms with E-state index in [4.69, 9.17) is 27.9 Å². The van der Waals surface area contributed by atoms with Crippen molar-refractivity contribution in [3.63, 3.8) is 0 Å². The maximum Gasteiger partial charge on any atom is 0.246 e. The van der Waals surface area contributed by atoms with E-state index in [9.17, 15) is 13.2 Å². The Morgan fingerprint density at radius 1 is 1.03 bits per heavy atom. The highest BCUT2D eigenvalue weighted by atomic mass is 35.5. The molecule has 0 aliphatic carbocycles. The fourth-order valence-corrected chi connectivity index (χ4v) is 5.80. The highest BCUT2D eigenvalue weighted by molar-refractivity contribution is 7.89. The Morgan fingerprint density at radius 3 is 2.32 bits per heavy atom. The molecule has 1 N–H and O–H groups in total. The van der Waals surface area contributed by atoms with E-state index in [0.717, 1.165) is 6.42 Å². The van der Waals surface area contributed by atoms with Crippen LogP contribution in [0.1, 0.15) is 13.3 Å². The molecule has 1 amide bonds. The number of halogens is 2. The zero-order valence-electron chi connectivity index (χ0n) is 17.2. The van der Waals surface area contributed by atoms with E-state index in [0.29, 0.717) is 31.1 Å². The van der Waals surface area contributed by atoms with E-state index in [-0.39, 0.29) is 40.5 Å². The summed E-state index contributed by atoms with van der Waals surface area (Å²) in [6.45, 7) is 4.06. The van der Waals surface area contributed by atoms with Gasteiger partial charge in [-0.1, -0.05) is 48.3 Å². The summed E-state index contributed by atoms with van der Waals surface area (Å²) in [6, 6.07) is 11.9. The molecule has 31 heavy (non-hydrogen) atoms. The number of piperazine rings is 1. The minimum Gasteiger partial charge on any atom is -0.491 e. The van der Waals surface area contributed by atoms with Crippen LogP contribution in [0.4, 0.5) is 5.69 Å². The number of sulfonamides is 1. The van der Waals surface area contributed by atoms with Crippen LogP contribution in [0.5, 0.6) is 5.75 Å². The highest BCUT2D eigenvalue weighted by Gasteiger charge is 2.32. The number of carbonyl (C=O) groups is 1. The van der Waals surface area contributed by atoms with Crippen LogP contribution in [0.25, 0.3) is 0 Å². The Hall–Kier alpha value is -1.84. The summed E-state index contributed by atoms with van der Waals surface area (Å²) >= 11 is 12.2. The zero-order valence-corrected chi connectivity index (χ0v) is 19.5. The fourth-order valence-electron chi connectivity index (χ4n) is 3.29. The van der Waals surface area contributed by atoms with E-state index in [1.165, 1.54) is 16.4 Å². The molecule has 1 aliphatic rings. The smallest absolute Gasteiger partial charge is 0.246 e. The summed E-state index contributed by atoms with van der Waals surface area (Å²) in [5.74, 6) is 0.447. The van der Waals surface area contributed by atoms with Crippen molar-refractivity contribution in [2.45, 2.75) is 18.2 Å². The fraction of sp³-hybridized carbons (Fsp3) is 0.381. The monoisotopic (exact) mass is 485 g/mol. The van der Waals surface area contributed by atoms with E-state index in [2.05, 4.69) is 5.32 Å². The van der Waals surface area contributed by atoms with Crippen molar-refractivity contribution in [1.29, 1.82) is 0 Å². The lowest BCUT2D eigenvalue weighted by Gasteiger charge is -2.33. The van der Waals surface area contributed by atoms with Crippen molar-refractivity contribution in [3.8, 4) is 5.75 Å². The summed E-state index contributed by atoms with van der Waals surface area (Å²) in [5, 5.41) is 3.07. The standard InChI is InChI=1S/C21H25Cl2N3O4S/c1-2-14-30-19-9-4-3-8-18(19)24-20(27)15-25-10-12-26(13-11-25)31(28,29)21-16(22)6-5-7-17(21)23/h3-9H,2,10-15H2,1H3,(H,24,27). The first kappa shape index (κ1) is 23.8. The number of benzene rings is 2. The van der Waals surface area contributed by atoms with Gasteiger partial charge in [0.1, 0.15) is 10.6 Å². The number of anilines is 1. The molecule has 1 fully saturated rings. The van der Waals surface area contributed by atoms with Crippen molar-refractivity contribution >= 4 is 44.8 Å². The third-order valence-electron chi connectivity index (χ3n) is 4.84. The number of carbonyl (C=O) groups excluding carboxylic acids is 1. The highest BCUT2D eigenvalue weighted by Crippen LogP contribution is 2.32. The van der Waals surface area contributed by atoms with Crippen LogP contribution < -0.4 is 10.1 Å². The number of nitrogens with one attached hydrogen (secondary N) is 1. The molecule has 2 aromatic carbocycles. The molecule has 0 radical (unpaired) electrons. The minimum atomic E-state index is -3.81. The first-order valence-corrected chi connectivity index (χ1v) is 12.2. The lowest BCUT2D eigenvalue weighted by molar-refractivity contribution is -0.117. The molecule has 0 aromatic heterocycles. The van der Waals surface area contributed by atoms with Gasteiger partial charge in [0.05, 0.1) is 28.9 Å². The normalized spacial score (nSPS) is 15.6. The SMILES string of the molecule is CCCOc1ccccc1NC(=O)CN1CCN(S(=O)(=O)c2c(Cl)cccc2Cl)CC1. The molecule has 7 nitrogen and oxygen atoms in total. The Kier molecular flexibility index (Phi) is 8.18. The Morgan fingerprint density at radius 2 is 1.68 bits per heavy atom. The van der Waals surface area contributed by atoms with E-state index in [1.54, 1.807) is 12.1 Å². The van der Waals surface area contributed by atoms with Crippen LogP contribution in [-0.2, 0) is 14.8 Å². The molecule has 10 heteroatoms. The van der Waals surface area contributed by atoms with E-state index >= 15 is 0 Å². The third-order valence-corrected chi connectivity index (χ3v) is 7.69. The number of ether oxygens (including phenoxy) is 1. The van der Waals surface area contributed by atoms with Gasteiger partial charge in [-0.15, -0.1) is 0 Å². The van der Waals surface area contributed by atoms with Crippen LogP contribution in [0, 0.1) is 0 Å². The maximum absolute atomic E-state index is 13.0. The predicted octanol–water partition coefficient (Wildman–Crippen LogP) is 3.73. The van der Waals surface area contributed by atoms with Gasteiger partial charge in [0.15, 0.2) is 0 Å². The average Bonchev–Trinajstić information content (AvgIpc) is 2.73. The van der Waals surface area contributed by atoms with Gasteiger partial charge in [0.2, 0.25) is 15.9 Å². The molecule has 0 unspecified atom stereocenters. The number of nitrogens with zero attached hydrogens (tertiary/aromatic N) is 2. The van der Waals surface area contributed by atoms with Crippen molar-refractivity contribution in [2.24, 2.45) is 0 Å². The Labute approximate surface area is 192 Å². The molecule has 0 saturated carbocycles. The zero-order chi connectivity index (χ0) is 22.4. The van der Waals surface area contributed by atoms with Gasteiger partial charge in [0, 0.05) is 26.2 Å². The summed E-state index contributed by atoms with van der Waals surface area (Å²) in [5.41, 5.74) is 0.621. The summed E-state index contributed by atoms with van der Waals surface area (Å²) in [7, 11) is -3.81. The van der Waals surface area contributed by atoms with Crippen LogP contribution in [0.2, 0.25) is 10.0 Å². The van der Waals surface area contributed by atoms with Gasteiger partial charge in [-0.2, -0.15) is 4.31 Å². The molecule has 1 heterocycles. The van der Waals surface area contributed by atoms with Crippen LogP contribution in [0.15, 0.2) is 47.4 Å². The number of rotatable bonds is 8. The van der Waals surface area contributed by atoms with Crippen LogP contribution >= 0.6 is 23.2 Å². The van der Waals surface area contributed by atoms with Crippen molar-refractivity contribution in [2.75, 3.05) is 44.6 Å². The summed E-state index contributed by atoms with van der Waals surface area (Å²) in [4.78, 5) is 14.4. The number of para-hydroxylation sites is 2. The first-order valence-electron chi connectivity index (χ1n) is 10.0. The lowest BCUT2D eigenvalue weighted by atomic mass is 10.3. The second-order valence-electron chi connectivity index (χ2n) is 7.12. The maximum atomic E-state index is 13.0. The molecule has 0 bridgehead atoms. The lowest BCUT2D eigenvalue weighted by Crippen LogP contribution is -2.50. The quantitative estimate of drug-likeness (QED) is 0.616. The van der Waals surface area contributed by atoms with E-state index < -0.39 is 10.0 Å². The molecular formula is C21H25Cl2N3O4S. The van der Waals surface area contributed by atoms with Crippen molar-refractivity contribution < 1.29 is 17.9 Å². The molecule has 3 rings (SSSR count). The molecule has 0 atom stereocenters. The Bertz CT molecular complexity index is 1000. The van der Waals surface area contributed by atoms with E-state index in [1.807, 2.05) is 30.0 Å². The summed E-state index contributed by atoms with van der Waals surface area (Å²) < 4.78 is 33.0. The van der Waals surface area contributed by atoms with Gasteiger partial charge in [-0.3, -0.25) is 9.69 Å². The number of amides is 1. The first-order chi connectivity index (χ1) is 14.8. The van der Waals surface area contributed by atoms with Gasteiger partial charge in [0.25, 0.3) is 0 Å². The number of hydrogen-bond acceptors (Lipinski definition) is 5. The van der Waals surface area contributed by atoms with Crippen LogP contribution in [0.3, 0.4) is 0 Å². The average molecular weight is 486 g/mol. The molecule has 1 aliphatic heterocycles. The van der Waals surface area contributed by atoms with Gasteiger partial charge in [-0.05, 0) is 30.7 Å². The topological polar surface area (TPSA) is 79.0 Å². The van der Waals surface area contributed by atoms with Gasteiger partial charge in [-0.25, -0.2) is 8.42 Å². The largest absolute Gasteiger partial charge is 0.491 e. The van der Waals surface area contributed by atoms with Gasteiger partial charge >= 0.3 is 0 Å². The Balaban J connectivity index is 1.58. The molecule has 168 valence electrons. The second-order valence-corrected chi connectivity index (χ2v) is 9.81. The molecular weight excluding hydrogens is 461 g/mol. The molecule has 1 saturated heterocycles. The minimum absolute atomic E-state index is 0.0757. The summed E-state index contributed by atoms with van der Waals surface area (Å²) in [6.07, 6.45) is 0.870. The number of hydrogen-bond donors (Lipinski definition) is 1. The van der Waals surface area contributed by atoms with Gasteiger partial charge < -0.3 is 10.1 Å². The molecule has 2 aromatic rings. The third kappa shape index (κ3) is 5.90. The second kappa shape index (κ2) is 10.7.